The third-order valence-corrected chi connectivity index (χ3v) is 3.83. The van der Waals surface area contributed by atoms with Crippen molar-refractivity contribution in [2.24, 2.45) is 0 Å². The van der Waals surface area contributed by atoms with Gasteiger partial charge in [-0.2, -0.15) is 11.8 Å². The maximum Gasteiger partial charge on any atom is 0.304 e. The molecule has 1 aliphatic heterocycles. The molecule has 1 unspecified atom stereocenters. The molecule has 0 aromatic heterocycles. The lowest BCUT2D eigenvalue weighted by molar-refractivity contribution is -0.138. The number of amides is 1. The van der Waals surface area contributed by atoms with Crippen molar-refractivity contribution in [3.63, 3.8) is 0 Å². The summed E-state index contributed by atoms with van der Waals surface area (Å²) >= 11 is 1.74. The lowest BCUT2D eigenvalue weighted by Gasteiger charge is -2.33. The fraction of sp³-hybridized carbons (Fsp3) is 0.818. The van der Waals surface area contributed by atoms with Crippen molar-refractivity contribution >= 4 is 23.6 Å². The van der Waals surface area contributed by atoms with Gasteiger partial charge in [-0.25, -0.2) is 0 Å². The molecular weight excluding hydrogens is 256 g/mol. The van der Waals surface area contributed by atoms with Crippen LogP contribution < -0.4 is 5.32 Å². The maximum absolute atomic E-state index is 11.7. The van der Waals surface area contributed by atoms with Crippen molar-refractivity contribution in [1.82, 2.24) is 10.2 Å². The summed E-state index contributed by atoms with van der Waals surface area (Å²) in [5, 5.41) is 11.6. The fourth-order valence-electron chi connectivity index (χ4n) is 1.82. The zero-order valence-electron chi connectivity index (χ0n) is 10.6. The summed E-state index contributed by atoms with van der Waals surface area (Å²) in [5.41, 5.74) is 0. The average molecular weight is 276 g/mol. The van der Waals surface area contributed by atoms with Gasteiger partial charge in [0, 0.05) is 37.7 Å². The third kappa shape index (κ3) is 5.70. The Morgan fingerprint density at radius 2 is 2.33 bits per heavy atom. The Kier molecular flexibility index (Phi) is 7.07. The highest BCUT2D eigenvalue weighted by atomic mass is 32.2. The molecule has 1 aliphatic rings. The Bertz CT molecular complexity index is 288. The Morgan fingerprint density at radius 1 is 1.56 bits per heavy atom. The van der Waals surface area contributed by atoms with Gasteiger partial charge in [-0.3, -0.25) is 14.5 Å². The standard InChI is InChI=1S/C11H20N2O4S/c1-17-4-2-12-10(14)7-13-3-5-18-8-9(13)6-11(15)16/h9H,2-8H2,1H3,(H,12,14)(H,15,16). The van der Waals surface area contributed by atoms with Gasteiger partial charge in [0.05, 0.1) is 19.6 Å². The van der Waals surface area contributed by atoms with Gasteiger partial charge in [-0.05, 0) is 0 Å². The molecule has 18 heavy (non-hydrogen) atoms. The van der Waals surface area contributed by atoms with E-state index in [9.17, 15) is 9.59 Å². The van der Waals surface area contributed by atoms with Crippen molar-refractivity contribution in [3.8, 4) is 0 Å². The molecule has 0 saturated carbocycles. The van der Waals surface area contributed by atoms with Gasteiger partial charge < -0.3 is 15.2 Å². The molecule has 1 saturated heterocycles. The molecule has 0 aliphatic carbocycles. The van der Waals surface area contributed by atoms with Crippen LogP contribution in [0.25, 0.3) is 0 Å². The van der Waals surface area contributed by atoms with Crippen LogP contribution in [0, 0.1) is 0 Å². The topological polar surface area (TPSA) is 78.9 Å². The lowest BCUT2D eigenvalue weighted by atomic mass is 10.2. The second-order valence-electron chi connectivity index (χ2n) is 4.14. The number of thioether (sulfide) groups is 1. The van der Waals surface area contributed by atoms with E-state index in [0.29, 0.717) is 13.2 Å². The monoisotopic (exact) mass is 276 g/mol. The number of carbonyl (C=O) groups excluding carboxylic acids is 1. The second-order valence-corrected chi connectivity index (χ2v) is 5.29. The summed E-state index contributed by atoms with van der Waals surface area (Å²) in [6.07, 6.45) is 0.0956. The van der Waals surface area contributed by atoms with E-state index in [4.69, 9.17) is 9.84 Å². The van der Waals surface area contributed by atoms with E-state index in [-0.39, 0.29) is 24.9 Å². The van der Waals surface area contributed by atoms with E-state index in [1.54, 1.807) is 18.9 Å². The molecular formula is C11H20N2O4S. The van der Waals surface area contributed by atoms with Crippen LogP contribution in [0.15, 0.2) is 0 Å². The van der Waals surface area contributed by atoms with E-state index < -0.39 is 5.97 Å². The van der Waals surface area contributed by atoms with Gasteiger partial charge in [0.25, 0.3) is 0 Å². The minimum atomic E-state index is -0.813. The average Bonchev–Trinajstić information content (AvgIpc) is 2.31. The highest BCUT2D eigenvalue weighted by Crippen LogP contribution is 2.18. The number of aliphatic carboxylic acids is 1. The normalized spacial score (nSPS) is 20.6. The molecule has 2 N–H and O–H groups in total. The quantitative estimate of drug-likeness (QED) is 0.618. The van der Waals surface area contributed by atoms with Crippen LogP contribution >= 0.6 is 11.8 Å². The first kappa shape index (κ1) is 15.3. The number of rotatable bonds is 7. The molecule has 6 nitrogen and oxygen atoms in total. The Labute approximate surface area is 111 Å². The molecule has 7 heteroatoms. The highest BCUT2D eigenvalue weighted by Gasteiger charge is 2.26. The summed E-state index contributed by atoms with van der Waals surface area (Å²) in [6, 6.07) is -0.0468. The number of ether oxygens (including phenoxy) is 1. The van der Waals surface area contributed by atoms with Crippen molar-refractivity contribution in [3.05, 3.63) is 0 Å². The van der Waals surface area contributed by atoms with Gasteiger partial charge in [0.1, 0.15) is 0 Å². The minimum absolute atomic E-state index is 0.0468. The predicted octanol–water partition coefficient (Wildman–Crippen LogP) is -0.359. The smallest absolute Gasteiger partial charge is 0.304 e. The number of nitrogens with zero attached hydrogens (tertiary/aromatic N) is 1. The highest BCUT2D eigenvalue weighted by molar-refractivity contribution is 7.99. The van der Waals surface area contributed by atoms with E-state index in [2.05, 4.69) is 5.32 Å². The second kappa shape index (κ2) is 8.34. The van der Waals surface area contributed by atoms with Gasteiger partial charge in [-0.1, -0.05) is 0 Å². The van der Waals surface area contributed by atoms with Gasteiger partial charge in [0.15, 0.2) is 0 Å². The van der Waals surface area contributed by atoms with E-state index in [0.717, 1.165) is 18.1 Å². The summed E-state index contributed by atoms with van der Waals surface area (Å²) in [7, 11) is 1.58. The zero-order valence-corrected chi connectivity index (χ0v) is 11.4. The molecule has 1 fully saturated rings. The molecule has 1 amide bonds. The molecule has 0 radical (unpaired) electrons. The van der Waals surface area contributed by atoms with Gasteiger partial charge in [0.2, 0.25) is 5.91 Å². The molecule has 0 aromatic rings. The number of carbonyl (C=O) groups is 2. The molecule has 1 rings (SSSR count). The van der Waals surface area contributed by atoms with Crippen molar-refractivity contribution in [1.29, 1.82) is 0 Å². The van der Waals surface area contributed by atoms with Crippen molar-refractivity contribution in [2.75, 3.05) is 44.9 Å². The third-order valence-electron chi connectivity index (χ3n) is 2.73. The van der Waals surface area contributed by atoms with Crippen LogP contribution in [0.2, 0.25) is 0 Å². The van der Waals surface area contributed by atoms with Crippen LogP contribution in [0.3, 0.4) is 0 Å². The van der Waals surface area contributed by atoms with E-state index in [1.165, 1.54) is 0 Å². The van der Waals surface area contributed by atoms with Crippen molar-refractivity contribution in [2.45, 2.75) is 12.5 Å². The molecule has 104 valence electrons. The first-order chi connectivity index (χ1) is 8.63. The van der Waals surface area contributed by atoms with Crippen LogP contribution in [0.4, 0.5) is 0 Å². The Hall–Kier alpha value is -0.790. The van der Waals surface area contributed by atoms with Crippen molar-refractivity contribution < 1.29 is 19.4 Å². The number of nitrogens with one attached hydrogen (secondary N) is 1. The van der Waals surface area contributed by atoms with Gasteiger partial charge in [-0.15, -0.1) is 0 Å². The summed E-state index contributed by atoms with van der Waals surface area (Å²) in [5.74, 6) is 0.834. The summed E-state index contributed by atoms with van der Waals surface area (Å²) in [4.78, 5) is 24.4. The number of hydrogen-bond donors (Lipinski definition) is 2. The Morgan fingerprint density at radius 3 is 3.00 bits per heavy atom. The molecule has 0 bridgehead atoms. The number of carboxylic acid groups (broad SMARTS) is 1. The summed E-state index contributed by atoms with van der Waals surface area (Å²) in [6.45, 7) is 2.00. The molecule has 1 atom stereocenters. The minimum Gasteiger partial charge on any atom is -0.481 e. The van der Waals surface area contributed by atoms with Gasteiger partial charge >= 0.3 is 5.97 Å². The SMILES string of the molecule is COCCNC(=O)CN1CCSCC1CC(=O)O. The maximum atomic E-state index is 11.7. The largest absolute Gasteiger partial charge is 0.481 e. The lowest BCUT2D eigenvalue weighted by Crippen LogP contribution is -2.48. The van der Waals surface area contributed by atoms with Crippen LogP contribution in [0.5, 0.6) is 0 Å². The number of carboxylic acids is 1. The fourth-order valence-corrected chi connectivity index (χ4v) is 2.95. The predicted molar refractivity (Wildman–Crippen MR) is 69.8 cm³/mol. The number of methoxy groups -OCH3 is 1. The molecule has 1 heterocycles. The zero-order chi connectivity index (χ0) is 13.4. The van der Waals surface area contributed by atoms with Crippen LogP contribution in [-0.2, 0) is 14.3 Å². The van der Waals surface area contributed by atoms with Crippen LogP contribution in [0.1, 0.15) is 6.42 Å². The first-order valence-corrected chi connectivity index (χ1v) is 7.08. The van der Waals surface area contributed by atoms with E-state index >= 15 is 0 Å². The molecule has 0 aromatic carbocycles. The van der Waals surface area contributed by atoms with E-state index in [1.807, 2.05) is 4.90 Å². The Balaban J connectivity index is 2.36. The summed E-state index contributed by atoms with van der Waals surface area (Å²) < 4.78 is 4.85. The van der Waals surface area contributed by atoms with Crippen LogP contribution in [-0.4, -0.2) is 72.8 Å². The first-order valence-electron chi connectivity index (χ1n) is 5.92. The molecule has 0 spiro atoms. The number of hydrogen-bond acceptors (Lipinski definition) is 5.